The van der Waals surface area contributed by atoms with E-state index in [-0.39, 0.29) is 11.6 Å². The highest BCUT2D eigenvalue weighted by molar-refractivity contribution is 5.33. The molecule has 3 heteroatoms. The number of benzene rings is 1. The zero-order chi connectivity index (χ0) is 14.7. The van der Waals surface area contributed by atoms with Gasteiger partial charge in [0.2, 0.25) is 0 Å². The summed E-state index contributed by atoms with van der Waals surface area (Å²) < 4.78 is 6.25. The van der Waals surface area contributed by atoms with Crippen LogP contribution in [0, 0.1) is 11.3 Å². The standard InChI is InChI=1S/C18H24N2O/c1-2-14-6-3-4-8-17(14)21-16-7-5-11-18(12-16,13-19)20-15-9-10-15/h3-4,6,8,15-16,20H,2,5,7,9-12H2,1H3. The van der Waals surface area contributed by atoms with Gasteiger partial charge >= 0.3 is 0 Å². The third-order valence-corrected chi connectivity index (χ3v) is 4.62. The highest BCUT2D eigenvalue weighted by atomic mass is 16.5. The quantitative estimate of drug-likeness (QED) is 0.898. The fraction of sp³-hybridized carbons (Fsp3) is 0.611. The summed E-state index contributed by atoms with van der Waals surface area (Å²) in [4.78, 5) is 0. The van der Waals surface area contributed by atoms with Gasteiger partial charge in [0.1, 0.15) is 17.4 Å². The maximum Gasteiger partial charge on any atom is 0.122 e. The minimum absolute atomic E-state index is 0.150. The lowest BCUT2D eigenvalue weighted by Gasteiger charge is -2.37. The Bertz CT molecular complexity index is 532. The average Bonchev–Trinajstić information content (AvgIpc) is 3.32. The molecule has 0 radical (unpaired) electrons. The number of aryl methyl sites for hydroxylation is 1. The Morgan fingerprint density at radius 2 is 2.14 bits per heavy atom. The second-order valence-corrected chi connectivity index (χ2v) is 6.41. The number of rotatable bonds is 5. The third kappa shape index (κ3) is 3.39. The van der Waals surface area contributed by atoms with Crippen LogP contribution >= 0.6 is 0 Å². The molecule has 1 aromatic rings. The number of nitriles is 1. The minimum atomic E-state index is -0.370. The van der Waals surface area contributed by atoms with Crippen LogP contribution in [0.5, 0.6) is 5.75 Å². The average molecular weight is 284 g/mol. The van der Waals surface area contributed by atoms with Gasteiger partial charge in [-0.1, -0.05) is 25.1 Å². The lowest BCUT2D eigenvalue weighted by molar-refractivity contribution is 0.111. The van der Waals surface area contributed by atoms with Crippen molar-refractivity contribution < 1.29 is 4.74 Å². The van der Waals surface area contributed by atoms with E-state index in [1.54, 1.807) is 0 Å². The van der Waals surface area contributed by atoms with Crippen molar-refractivity contribution in [3.8, 4) is 11.8 Å². The molecule has 2 aliphatic rings. The lowest BCUT2D eigenvalue weighted by Crippen LogP contribution is -2.50. The maximum absolute atomic E-state index is 9.63. The molecule has 0 aliphatic heterocycles. The minimum Gasteiger partial charge on any atom is -0.490 e. The summed E-state index contributed by atoms with van der Waals surface area (Å²) in [6.07, 6.45) is 7.43. The molecular formula is C18H24N2O. The van der Waals surface area contributed by atoms with Gasteiger partial charge in [0.15, 0.2) is 0 Å². The van der Waals surface area contributed by atoms with Crippen LogP contribution in [0.25, 0.3) is 0 Å². The fourth-order valence-corrected chi connectivity index (χ4v) is 3.30. The fourth-order valence-electron chi connectivity index (χ4n) is 3.30. The van der Waals surface area contributed by atoms with Crippen LogP contribution < -0.4 is 10.1 Å². The van der Waals surface area contributed by atoms with Crippen LogP contribution in [0.4, 0.5) is 0 Å². The van der Waals surface area contributed by atoms with Crippen molar-refractivity contribution in [3.05, 3.63) is 29.8 Å². The van der Waals surface area contributed by atoms with Crippen molar-refractivity contribution >= 4 is 0 Å². The van der Waals surface area contributed by atoms with Crippen molar-refractivity contribution in [1.29, 1.82) is 5.26 Å². The molecule has 3 rings (SSSR count). The highest BCUT2D eigenvalue weighted by Crippen LogP contribution is 2.34. The molecule has 3 nitrogen and oxygen atoms in total. The van der Waals surface area contributed by atoms with E-state index < -0.39 is 0 Å². The van der Waals surface area contributed by atoms with Crippen LogP contribution in [0.15, 0.2) is 24.3 Å². The number of nitrogens with zero attached hydrogens (tertiary/aromatic N) is 1. The highest BCUT2D eigenvalue weighted by Gasteiger charge is 2.41. The topological polar surface area (TPSA) is 45.0 Å². The molecule has 1 N–H and O–H groups in total. The number of ether oxygens (including phenoxy) is 1. The molecule has 2 atom stereocenters. The van der Waals surface area contributed by atoms with E-state index in [2.05, 4.69) is 36.5 Å². The second kappa shape index (κ2) is 6.07. The first-order valence-corrected chi connectivity index (χ1v) is 8.18. The molecule has 2 aliphatic carbocycles. The summed E-state index contributed by atoms with van der Waals surface area (Å²) in [6.45, 7) is 2.15. The Morgan fingerprint density at radius 3 is 2.86 bits per heavy atom. The molecule has 0 heterocycles. The van der Waals surface area contributed by atoms with Crippen molar-refractivity contribution in [2.45, 2.75) is 69.6 Å². The van der Waals surface area contributed by atoms with Crippen molar-refractivity contribution in [2.75, 3.05) is 0 Å². The van der Waals surface area contributed by atoms with Gasteiger partial charge < -0.3 is 4.74 Å². The van der Waals surface area contributed by atoms with Crippen LogP contribution in [-0.4, -0.2) is 17.7 Å². The zero-order valence-electron chi connectivity index (χ0n) is 12.8. The summed E-state index contributed by atoms with van der Waals surface area (Å²) in [6, 6.07) is 11.4. The molecule has 2 saturated carbocycles. The van der Waals surface area contributed by atoms with E-state index in [1.165, 1.54) is 18.4 Å². The predicted molar refractivity (Wildman–Crippen MR) is 83.2 cm³/mol. The van der Waals surface area contributed by atoms with Crippen molar-refractivity contribution in [2.24, 2.45) is 0 Å². The Hall–Kier alpha value is -1.53. The lowest BCUT2D eigenvalue weighted by atomic mass is 9.81. The Balaban J connectivity index is 1.69. The zero-order valence-corrected chi connectivity index (χ0v) is 12.8. The molecule has 21 heavy (non-hydrogen) atoms. The normalized spacial score (nSPS) is 28.9. The van der Waals surface area contributed by atoms with Gasteiger partial charge in [0.25, 0.3) is 0 Å². The molecule has 2 fully saturated rings. The molecule has 112 valence electrons. The van der Waals surface area contributed by atoms with E-state index in [4.69, 9.17) is 4.74 Å². The molecule has 0 aromatic heterocycles. The van der Waals surface area contributed by atoms with Crippen molar-refractivity contribution in [1.82, 2.24) is 5.32 Å². The van der Waals surface area contributed by atoms with Gasteiger partial charge in [-0.15, -0.1) is 0 Å². The van der Waals surface area contributed by atoms with Crippen LogP contribution in [0.2, 0.25) is 0 Å². The first kappa shape index (κ1) is 14.4. The molecule has 1 aromatic carbocycles. The molecule has 0 bridgehead atoms. The summed E-state index contributed by atoms with van der Waals surface area (Å²) in [5.41, 5.74) is 0.881. The molecule has 2 unspecified atom stereocenters. The van der Waals surface area contributed by atoms with E-state index in [9.17, 15) is 5.26 Å². The van der Waals surface area contributed by atoms with Gasteiger partial charge in [0.05, 0.1) is 6.07 Å². The first-order valence-electron chi connectivity index (χ1n) is 8.18. The smallest absolute Gasteiger partial charge is 0.122 e. The molecule has 0 spiro atoms. The molecule has 0 saturated heterocycles. The van der Waals surface area contributed by atoms with Gasteiger partial charge in [-0.05, 0) is 50.2 Å². The number of para-hydroxylation sites is 1. The Kier molecular flexibility index (Phi) is 4.17. The van der Waals surface area contributed by atoms with Crippen LogP contribution in [0.1, 0.15) is 51.0 Å². The largest absolute Gasteiger partial charge is 0.490 e. The first-order chi connectivity index (χ1) is 10.2. The number of nitrogens with one attached hydrogen (secondary N) is 1. The summed E-state index contributed by atoms with van der Waals surface area (Å²) >= 11 is 0. The van der Waals surface area contributed by atoms with E-state index in [1.807, 2.05) is 6.07 Å². The predicted octanol–water partition coefficient (Wildman–Crippen LogP) is 3.58. The number of hydrogen-bond acceptors (Lipinski definition) is 3. The molecule has 0 amide bonds. The summed E-state index contributed by atoms with van der Waals surface area (Å²) in [5.74, 6) is 0.991. The van der Waals surface area contributed by atoms with Crippen molar-refractivity contribution in [3.63, 3.8) is 0 Å². The Morgan fingerprint density at radius 1 is 1.33 bits per heavy atom. The van der Waals surface area contributed by atoms with Gasteiger partial charge in [0, 0.05) is 12.5 Å². The summed E-state index contributed by atoms with van der Waals surface area (Å²) in [7, 11) is 0. The van der Waals surface area contributed by atoms with Gasteiger partial charge in [-0.25, -0.2) is 0 Å². The molecular weight excluding hydrogens is 260 g/mol. The van der Waals surface area contributed by atoms with E-state index in [0.29, 0.717) is 6.04 Å². The van der Waals surface area contributed by atoms with Gasteiger partial charge in [-0.2, -0.15) is 5.26 Å². The van der Waals surface area contributed by atoms with Crippen LogP contribution in [0.3, 0.4) is 0 Å². The van der Waals surface area contributed by atoms with E-state index >= 15 is 0 Å². The van der Waals surface area contributed by atoms with Gasteiger partial charge in [-0.3, -0.25) is 5.32 Å². The SMILES string of the molecule is CCc1ccccc1OC1CCCC(C#N)(NC2CC2)C1. The summed E-state index contributed by atoms with van der Waals surface area (Å²) in [5, 5.41) is 13.2. The van der Waals surface area contributed by atoms with E-state index in [0.717, 1.165) is 37.9 Å². The van der Waals surface area contributed by atoms with Crippen LogP contribution in [-0.2, 0) is 6.42 Å². The second-order valence-electron chi connectivity index (χ2n) is 6.41. The maximum atomic E-state index is 9.63. The third-order valence-electron chi connectivity index (χ3n) is 4.62. The number of hydrogen-bond donors (Lipinski definition) is 1. The monoisotopic (exact) mass is 284 g/mol. The Labute approximate surface area is 127 Å².